The third kappa shape index (κ3) is 3.90. The maximum Gasteiger partial charge on any atom is 0.338 e. The zero-order chi connectivity index (χ0) is 17.1. The lowest BCUT2D eigenvalue weighted by molar-refractivity contribution is -0.123. The second kappa shape index (κ2) is 6.83. The summed E-state index contributed by atoms with van der Waals surface area (Å²) < 4.78 is 6.85. The van der Waals surface area contributed by atoms with Crippen molar-refractivity contribution in [1.29, 1.82) is 0 Å². The number of hydrogen-bond acceptors (Lipinski definition) is 4. The number of rotatable bonds is 4. The zero-order valence-electron chi connectivity index (χ0n) is 13.4. The van der Waals surface area contributed by atoms with Crippen molar-refractivity contribution in [2.24, 2.45) is 7.05 Å². The molecule has 23 heavy (non-hydrogen) atoms. The largest absolute Gasteiger partial charge is 0.449 e. The van der Waals surface area contributed by atoms with Crippen LogP contribution < -0.4 is 5.32 Å². The molecule has 2 rings (SSSR count). The van der Waals surface area contributed by atoms with Crippen molar-refractivity contribution in [3.05, 3.63) is 46.2 Å². The average Bonchev–Trinajstić information content (AvgIpc) is 2.73. The summed E-state index contributed by atoms with van der Waals surface area (Å²) in [5, 5.41) is 7.39. The molecule has 7 heteroatoms. The van der Waals surface area contributed by atoms with Gasteiger partial charge >= 0.3 is 5.97 Å². The maximum atomic E-state index is 12.2. The van der Waals surface area contributed by atoms with E-state index in [1.807, 2.05) is 6.92 Å². The Kier molecular flexibility index (Phi) is 5.05. The summed E-state index contributed by atoms with van der Waals surface area (Å²) in [6, 6.07) is 6.37. The Morgan fingerprint density at radius 3 is 2.61 bits per heavy atom. The summed E-state index contributed by atoms with van der Waals surface area (Å²) >= 11 is 5.84. The molecule has 0 radical (unpaired) electrons. The number of nitrogens with one attached hydrogen (secondary N) is 1. The van der Waals surface area contributed by atoms with Gasteiger partial charge in [0.15, 0.2) is 6.10 Å². The normalized spacial score (nSPS) is 11.9. The highest BCUT2D eigenvalue weighted by Gasteiger charge is 2.21. The summed E-state index contributed by atoms with van der Waals surface area (Å²) in [4.78, 5) is 24.2. The van der Waals surface area contributed by atoms with Gasteiger partial charge in [-0.05, 0) is 39.0 Å². The SMILES string of the molecule is Cc1nn(C)c(C)c1NC(=O)[C@H](C)OC(=O)c1cccc(Cl)c1. The van der Waals surface area contributed by atoms with E-state index in [0.717, 1.165) is 5.69 Å². The molecular weight excluding hydrogens is 318 g/mol. The fraction of sp³-hybridized carbons (Fsp3) is 0.312. The minimum Gasteiger partial charge on any atom is -0.449 e. The van der Waals surface area contributed by atoms with Gasteiger partial charge in [0.2, 0.25) is 0 Å². The Labute approximate surface area is 139 Å². The highest BCUT2D eigenvalue weighted by Crippen LogP contribution is 2.19. The van der Waals surface area contributed by atoms with Gasteiger partial charge in [-0.25, -0.2) is 4.79 Å². The number of carbonyl (C=O) groups is 2. The van der Waals surface area contributed by atoms with Crippen LogP contribution >= 0.6 is 11.6 Å². The molecule has 0 saturated carbocycles. The van der Waals surface area contributed by atoms with E-state index in [9.17, 15) is 9.59 Å². The van der Waals surface area contributed by atoms with Crippen molar-refractivity contribution in [3.63, 3.8) is 0 Å². The average molecular weight is 336 g/mol. The van der Waals surface area contributed by atoms with E-state index in [2.05, 4.69) is 10.4 Å². The highest BCUT2D eigenvalue weighted by atomic mass is 35.5. The molecule has 0 spiro atoms. The Morgan fingerprint density at radius 2 is 2.04 bits per heavy atom. The molecule has 0 saturated heterocycles. The third-order valence-electron chi connectivity index (χ3n) is 3.47. The van der Waals surface area contributed by atoms with Gasteiger partial charge in [-0.15, -0.1) is 0 Å². The second-order valence-electron chi connectivity index (χ2n) is 5.22. The molecule has 0 aliphatic heterocycles. The Hall–Kier alpha value is -2.34. The molecule has 2 aromatic rings. The van der Waals surface area contributed by atoms with Crippen LogP contribution in [-0.4, -0.2) is 27.8 Å². The summed E-state index contributed by atoms with van der Waals surface area (Å²) in [7, 11) is 1.79. The van der Waals surface area contributed by atoms with E-state index in [0.29, 0.717) is 22.0 Å². The van der Waals surface area contributed by atoms with Crippen LogP contribution in [0, 0.1) is 13.8 Å². The Morgan fingerprint density at radius 1 is 1.35 bits per heavy atom. The van der Waals surface area contributed by atoms with Crippen molar-refractivity contribution in [3.8, 4) is 0 Å². The van der Waals surface area contributed by atoms with E-state index in [-0.39, 0.29) is 0 Å². The van der Waals surface area contributed by atoms with E-state index < -0.39 is 18.0 Å². The van der Waals surface area contributed by atoms with Gasteiger partial charge in [0.25, 0.3) is 5.91 Å². The van der Waals surface area contributed by atoms with Crippen LogP contribution in [0.3, 0.4) is 0 Å². The second-order valence-corrected chi connectivity index (χ2v) is 5.65. The van der Waals surface area contributed by atoms with Crippen molar-refractivity contribution < 1.29 is 14.3 Å². The van der Waals surface area contributed by atoms with E-state index in [4.69, 9.17) is 16.3 Å². The van der Waals surface area contributed by atoms with Gasteiger partial charge in [0, 0.05) is 12.1 Å². The van der Waals surface area contributed by atoms with Crippen LogP contribution in [-0.2, 0) is 16.6 Å². The highest BCUT2D eigenvalue weighted by molar-refractivity contribution is 6.30. The Balaban J connectivity index is 2.04. The number of carbonyl (C=O) groups excluding carboxylic acids is 2. The number of halogens is 1. The first kappa shape index (κ1) is 17.0. The molecule has 1 aromatic heterocycles. The van der Waals surface area contributed by atoms with Gasteiger partial charge in [-0.1, -0.05) is 17.7 Å². The van der Waals surface area contributed by atoms with Crippen molar-refractivity contribution in [2.45, 2.75) is 26.9 Å². The number of esters is 1. The number of amides is 1. The molecule has 1 heterocycles. The zero-order valence-corrected chi connectivity index (χ0v) is 14.1. The number of hydrogen-bond donors (Lipinski definition) is 1. The first-order chi connectivity index (χ1) is 10.8. The van der Waals surface area contributed by atoms with Crippen LogP contribution in [0.4, 0.5) is 5.69 Å². The van der Waals surface area contributed by atoms with Crippen LogP contribution in [0.25, 0.3) is 0 Å². The molecule has 0 aliphatic carbocycles. The minimum atomic E-state index is -0.944. The van der Waals surface area contributed by atoms with Gasteiger partial charge in [-0.3, -0.25) is 9.48 Å². The molecular formula is C16H18ClN3O3. The fourth-order valence-corrected chi connectivity index (χ4v) is 2.27. The maximum absolute atomic E-state index is 12.2. The molecule has 6 nitrogen and oxygen atoms in total. The molecule has 0 bridgehead atoms. The van der Waals surface area contributed by atoms with Crippen molar-refractivity contribution in [2.75, 3.05) is 5.32 Å². The van der Waals surface area contributed by atoms with Crippen LogP contribution in [0.2, 0.25) is 5.02 Å². The van der Waals surface area contributed by atoms with Gasteiger partial charge < -0.3 is 10.1 Å². The molecule has 1 aromatic carbocycles. The predicted octanol–water partition coefficient (Wildman–Crippen LogP) is 2.87. The summed E-state index contributed by atoms with van der Waals surface area (Å²) in [5.41, 5.74) is 2.45. The van der Waals surface area contributed by atoms with Crippen LogP contribution in [0.1, 0.15) is 28.7 Å². The topological polar surface area (TPSA) is 73.2 Å². The lowest BCUT2D eigenvalue weighted by Gasteiger charge is -2.14. The molecule has 1 atom stereocenters. The molecule has 1 amide bonds. The van der Waals surface area contributed by atoms with Crippen molar-refractivity contribution in [1.82, 2.24) is 9.78 Å². The van der Waals surface area contributed by atoms with Gasteiger partial charge in [0.1, 0.15) is 0 Å². The number of aromatic nitrogens is 2. The fourth-order valence-electron chi connectivity index (χ4n) is 2.08. The number of aryl methyl sites for hydroxylation is 2. The van der Waals surface area contributed by atoms with Gasteiger partial charge in [0.05, 0.1) is 22.6 Å². The quantitative estimate of drug-likeness (QED) is 0.872. The number of nitrogens with zero attached hydrogens (tertiary/aromatic N) is 2. The monoisotopic (exact) mass is 335 g/mol. The predicted molar refractivity (Wildman–Crippen MR) is 87.6 cm³/mol. The molecule has 0 unspecified atom stereocenters. The standard InChI is InChI=1S/C16H18ClN3O3/c1-9-14(10(2)20(4)19-9)18-15(21)11(3)23-16(22)12-6-5-7-13(17)8-12/h5-8,11H,1-4H3,(H,18,21)/t11-/m0/s1. The first-order valence-corrected chi connectivity index (χ1v) is 7.45. The van der Waals surface area contributed by atoms with E-state index in [1.165, 1.54) is 13.0 Å². The minimum absolute atomic E-state index is 0.297. The smallest absolute Gasteiger partial charge is 0.338 e. The summed E-state index contributed by atoms with van der Waals surface area (Å²) in [5.74, 6) is -1.02. The lowest BCUT2D eigenvalue weighted by atomic mass is 10.2. The summed E-state index contributed by atoms with van der Waals surface area (Å²) in [6.07, 6.45) is -0.944. The van der Waals surface area contributed by atoms with E-state index in [1.54, 1.807) is 36.9 Å². The van der Waals surface area contributed by atoms with Crippen molar-refractivity contribution >= 4 is 29.2 Å². The summed E-state index contributed by atoms with van der Waals surface area (Å²) in [6.45, 7) is 5.16. The lowest BCUT2D eigenvalue weighted by Crippen LogP contribution is -2.30. The molecule has 0 fully saturated rings. The third-order valence-corrected chi connectivity index (χ3v) is 3.71. The number of benzene rings is 1. The molecule has 1 N–H and O–H groups in total. The molecule has 122 valence electrons. The Bertz CT molecular complexity index is 755. The van der Waals surface area contributed by atoms with Crippen LogP contribution in [0.5, 0.6) is 0 Å². The van der Waals surface area contributed by atoms with Crippen LogP contribution in [0.15, 0.2) is 24.3 Å². The molecule has 0 aliphatic rings. The number of anilines is 1. The number of ether oxygens (including phenoxy) is 1. The van der Waals surface area contributed by atoms with E-state index >= 15 is 0 Å². The van der Waals surface area contributed by atoms with Gasteiger partial charge in [-0.2, -0.15) is 5.10 Å². The first-order valence-electron chi connectivity index (χ1n) is 7.07.